The van der Waals surface area contributed by atoms with Crippen LogP contribution in [0, 0.1) is 11.3 Å². The van der Waals surface area contributed by atoms with Crippen molar-refractivity contribution in [1.29, 1.82) is 0 Å². The van der Waals surface area contributed by atoms with Crippen LogP contribution in [0.1, 0.15) is 47.0 Å². The van der Waals surface area contributed by atoms with E-state index in [0.29, 0.717) is 6.92 Å². The third-order valence-corrected chi connectivity index (χ3v) is 3.84. The number of aliphatic hydroxyl groups is 1. The Hall–Kier alpha value is -1.28. The minimum Gasteiger partial charge on any atom is -0.511 e. The van der Waals surface area contributed by atoms with Gasteiger partial charge < -0.3 is 5.11 Å². The van der Waals surface area contributed by atoms with Crippen molar-refractivity contribution >= 4 is 5.78 Å². The van der Waals surface area contributed by atoms with Crippen molar-refractivity contribution < 1.29 is 40.6 Å². The highest BCUT2D eigenvalue weighted by atomic mass is 19.4. The second kappa shape index (κ2) is 7.31. The Kier molecular flexibility index (Phi) is 6.92. The maximum Gasteiger partial charge on any atom is 0.410 e. The number of hydrogen-bond donors (Lipinski definition) is 1. The van der Waals surface area contributed by atoms with Gasteiger partial charge >= 0.3 is 12.4 Å². The third-order valence-electron chi connectivity index (χ3n) is 3.84. The molecule has 0 bridgehead atoms. The van der Waals surface area contributed by atoms with Gasteiger partial charge in [-0.05, 0) is 33.1 Å². The van der Waals surface area contributed by atoms with Gasteiger partial charge in [-0.25, -0.2) is 4.39 Å². The van der Waals surface area contributed by atoms with Crippen LogP contribution in [0.5, 0.6) is 0 Å². The molecule has 24 heavy (non-hydrogen) atoms. The molecule has 0 amide bonds. The molecule has 0 fully saturated rings. The second-order valence-corrected chi connectivity index (χ2v) is 6.21. The van der Waals surface area contributed by atoms with E-state index in [4.69, 9.17) is 0 Å². The van der Waals surface area contributed by atoms with Crippen LogP contribution < -0.4 is 0 Å². The fourth-order valence-electron chi connectivity index (χ4n) is 2.44. The first-order chi connectivity index (χ1) is 10.5. The summed E-state index contributed by atoms with van der Waals surface area (Å²) in [6.45, 7) is 4.32. The Morgan fingerprint density at radius 2 is 1.42 bits per heavy atom. The minimum atomic E-state index is -5.85. The predicted molar refractivity (Wildman–Crippen MR) is 74.1 cm³/mol. The van der Waals surface area contributed by atoms with E-state index in [1.807, 2.05) is 0 Å². The van der Waals surface area contributed by atoms with Crippen molar-refractivity contribution in [2.75, 3.05) is 0 Å². The lowest BCUT2D eigenvalue weighted by atomic mass is 9.79. The van der Waals surface area contributed by atoms with Gasteiger partial charge in [-0.3, -0.25) is 4.79 Å². The van der Waals surface area contributed by atoms with Crippen LogP contribution in [0.15, 0.2) is 11.8 Å². The molecular formula is C15H21F7O2. The number of aliphatic hydroxyl groups excluding tert-OH is 1. The van der Waals surface area contributed by atoms with E-state index >= 15 is 0 Å². The normalized spacial score (nSPS) is 16.2. The van der Waals surface area contributed by atoms with Crippen LogP contribution >= 0.6 is 0 Å². The van der Waals surface area contributed by atoms with Gasteiger partial charge in [0.1, 0.15) is 11.4 Å². The van der Waals surface area contributed by atoms with Crippen LogP contribution in [0.2, 0.25) is 0 Å². The first kappa shape index (κ1) is 22.7. The van der Waals surface area contributed by atoms with E-state index in [9.17, 15) is 40.6 Å². The molecule has 0 aliphatic rings. The van der Waals surface area contributed by atoms with Gasteiger partial charge in [0.15, 0.2) is 5.78 Å². The van der Waals surface area contributed by atoms with Crippen molar-refractivity contribution in [2.45, 2.75) is 65.0 Å². The number of alkyl halides is 7. The highest BCUT2D eigenvalue weighted by Gasteiger charge is 2.72. The lowest BCUT2D eigenvalue weighted by Gasteiger charge is -2.35. The summed E-state index contributed by atoms with van der Waals surface area (Å²) in [7, 11) is 0. The fourth-order valence-corrected chi connectivity index (χ4v) is 2.44. The van der Waals surface area contributed by atoms with E-state index in [-0.39, 0.29) is 18.9 Å². The molecule has 142 valence electrons. The van der Waals surface area contributed by atoms with Crippen LogP contribution in [-0.2, 0) is 4.79 Å². The van der Waals surface area contributed by atoms with Crippen molar-refractivity contribution in [3.63, 3.8) is 0 Å². The quantitative estimate of drug-likeness (QED) is 0.357. The summed E-state index contributed by atoms with van der Waals surface area (Å²) in [5.74, 6) is -4.43. The van der Waals surface area contributed by atoms with Crippen LogP contribution in [0.25, 0.3) is 0 Å². The maximum atomic E-state index is 13.6. The number of carbonyl (C=O) groups excluding carboxylic acids is 1. The number of rotatable bonds is 7. The molecule has 0 aromatic rings. The van der Waals surface area contributed by atoms with Crippen molar-refractivity contribution in [3.05, 3.63) is 11.8 Å². The van der Waals surface area contributed by atoms with Crippen LogP contribution in [0.4, 0.5) is 30.7 Å². The Morgan fingerprint density at radius 3 is 1.67 bits per heavy atom. The van der Waals surface area contributed by atoms with Crippen molar-refractivity contribution in [3.8, 4) is 0 Å². The Balaban J connectivity index is 5.94. The zero-order valence-corrected chi connectivity index (χ0v) is 13.8. The van der Waals surface area contributed by atoms with Gasteiger partial charge in [0.25, 0.3) is 0 Å². The molecule has 0 saturated heterocycles. The van der Waals surface area contributed by atoms with Crippen LogP contribution in [-0.4, -0.2) is 28.9 Å². The van der Waals surface area contributed by atoms with Gasteiger partial charge in [0.05, 0.1) is 0 Å². The third kappa shape index (κ3) is 4.86. The molecular weight excluding hydrogens is 345 g/mol. The lowest BCUT2D eigenvalue weighted by Crippen LogP contribution is -2.51. The van der Waals surface area contributed by atoms with E-state index < -0.39 is 47.3 Å². The molecule has 0 aromatic heterocycles. The van der Waals surface area contributed by atoms with Gasteiger partial charge in [0, 0.05) is 12.0 Å². The van der Waals surface area contributed by atoms with Gasteiger partial charge in [0.2, 0.25) is 5.41 Å². The molecule has 1 unspecified atom stereocenters. The summed E-state index contributed by atoms with van der Waals surface area (Å²) >= 11 is 0. The summed E-state index contributed by atoms with van der Waals surface area (Å²) in [5.41, 5.74) is -6.37. The highest BCUT2D eigenvalue weighted by molar-refractivity contribution is 5.92. The van der Waals surface area contributed by atoms with E-state index in [1.54, 1.807) is 0 Å². The molecule has 0 saturated carbocycles. The molecule has 0 aromatic carbocycles. The fraction of sp³-hybridized carbons (Fsp3) is 0.800. The second-order valence-electron chi connectivity index (χ2n) is 6.21. The summed E-state index contributed by atoms with van der Waals surface area (Å²) in [5, 5.41) is 9.55. The molecule has 0 rings (SSSR count). The zero-order valence-electron chi connectivity index (χ0n) is 13.8. The van der Waals surface area contributed by atoms with Gasteiger partial charge in [-0.2, -0.15) is 26.3 Å². The number of carbonyl (C=O) groups is 1. The molecule has 0 heterocycles. The molecule has 9 heteroatoms. The van der Waals surface area contributed by atoms with Crippen molar-refractivity contribution in [1.82, 2.24) is 0 Å². The number of allylic oxidation sites excluding steroid dienone is 2. The molecule has 0 radical (unpaired) electrons. The first-order valence-corrected chi connectivity index (χ1v) is 7.30. The average Bonchev–Trinajstić information content (AvgIpc) is 2.32. The summed E-state index contributed by atoms with van der Waals surface area (Å²) < 4.78 is 91.8. The van der Waals surface area contributed by atoms with Gasteiger partial charge in [-0.15, -0.1) is 0 Å². The molecule has 1 atom stereocenters. The summed E-state index contributed by atoms with van der Waals surface area (Å²) in [6, 6.07) is 0. The Bertz CT molecular complexity index is 456. The molecule has 2 nitrogen and oxygen atoms in total. The first-order valence-electron chi connectivity index (χ1n) is 7.30. The monoisotopic (exact) mass is 366 g/mol. The highest BCUT2D eigenvalue weighted by Crippen LogP contribution is 2.56. The summed E-state index contributed by atoms with van der Waals surface area (Å²) in [4.78, 5) is 11.9. The van der Waals surface area contributed by atoms with E-state index in [1.165, 1.54) is 6.92 Å². The predicted octanol–water partition coefficient (Wildman–Crippen LogP) is 5.68. The maximum absolute atomic E-state index is 13.6. The minimum absolute atomic E-state index is 0.00707. The topological polar surface area (TPSA) is 37.3 Å². The summed E-state index contributed by atoms with van der Waals surface area (Å²) in [6.07, 6.45) is -13.7. The van der Waals surface area contributed by atoms with Crippen LogP contribution in [0.3, 0.4) is 0 Å². The average molecular weight is 366 g/mol. The molecule has 0 aliphatic carbocycles. The SMILES string of the molecule is CCC(CC(C)(C)F)C(=O)/C=C(\O)C(CC)(C(F)(F)F)C(F)(F)F. The standard InChI is InChI=1S/C15H21F7O2/c1-5-9(8-12(3,4)16)10(23)7-11(24)13(6-2,14(17,18)19)15(20,21)22/h7,9,24H,5-6,8H2,1-4H3/b11-7-. The number of ketones is 1. The molecule has 0 aliphatic heterocycles. The van der Waals surface area contributed by atoms with Gasteiger partial charge in [-0.1, -0.05) is 13.8 Å². The lowest BCUT2D eigenvalue weighted by molar-refractivity contribution is -0.334. The molecule has 0 spiro atoms. The number of halogens is 7. The number of hydrogen-bond acceptors (Lipinski definition) is 2. The van der Waals surface area contributed by atoms with Crippen molar-refractivity contribution in [2.24, 2.45) is 11.3 Å². The Labute approximate surface area is 135 Å². The zero-order chi connectivity index (χ0) is 19.6. The largest absolute Gasteiger partial charge is 0.511 e. The van der Waals surface area contributed by atoms with E-state index in [0.717, 1.165) is 13.8 Å². The van der Waals surface area contributed by atoms with E-state index in [2.05, 4.69) is 0 Å². The smallest absolute Gasteiger partial charge is 0.410 e. The molecule has 1 N–H and O–H groups in total. The Morgan fingerprint density at radius 1 is 1.00 bits per heavy atom.